The minimum absolute atomic E-state index is 0.214. The first-order valence-electron chi connectivity index (χ1n) is 10.2. The Labute approximate surface area is 192 Å². The van der Waals surface area contributed by atoms with Crippen LogP contribution in [0.15, 0.2) is 66.4 Å². The van der Waals surface area contributed by atoms with Gasteiger partial charge in [0, 0.05) is 10.7 Å². The maximum Gasteiger partial charge on any atom is 0.282 e. The molecule has 1 aliphatic rings. The first-order valence-corrected chi connectivity index (χ1v) is 10.6. The quantitative estimate of drug-likeness (QED) is 0.513. The summed E-state index contributed by atoms with van der Waals surface area (Å²) >= 11 is 6.28. The molecular weight excluding hydrogens is 424 g/mol. The number of aryl methyl sites for hydroxylation is 1. The number of nitrogens with zero attached hydrogens (tertiary/aromatic N) is 1. The standard InChI is InChI=1S/C26H23ClN2O3/c1-15-7-5-10-22(16(15)2)29-25(30)23(18-11-13-19(32-4)14-12-18)24(26(29)31)28-21-9-6-8-20(27)17(21)3/h5-14,28H,1-4H3. The smallest absolute Gasteiger partial charge is 0.282 e. The van der Waals surface area contributed by atoms with E-state index in [1.807, 2.05) is 39.0 Å². The second kappa shape index (κ2) is 8.52. The molecule has 6 heteroatoms. The fraction of sp³-hybridized carbons (Fsp3) is 0.154. The molecule has 0 saturated carbocycles. The summed E-state index contributed by atoms with van der Waals surface area (Å²) in [5.74, 6) is -0.123. The van der Waals surface area contributed by atoms with E-state index in [1.165, 1.54) is 4.90 Å². The largest absolute Gasteiger partial charge is 0.497 e. The minimum atomic E-state index is -0.408. The Morgan fingerprint density at radius 3 is 2.22 bits per heavy atom. The molecule has 4 rings (SSSR count). The number of methoxy groups -OCH3 is 1. The van der Waals surface area contributed by atoms with Crippen molar-refractivity contribution in [1.82, 2.24) is 0 Å². The van der Waals surface area contributed by atoms with Crippen molar-refractivity contribution in [1.29, 1.82) is 0 Å². The van der Waals surface area contributed by atoms with E-state index in [0.717, 1.165) is 16.7 Å². The molecule has 0 aliphatic carbocycles. The lowest BCUT2D eigenvalue weighted by Gasteiger charge is -2.19. The van der Waals surface area contributed by atoms with E-state index in [0.29, 0.717) is 33.3 Å². The van der Waals surface area contributed by atoms with Gasteiger partial charge in [-0.2, -0.15) is 0 Å². The molecule has 0 unspecified atom stereocenters. The van der Waals surface area contributed by atoms with Crippen LogP contribution in [0.3, 0.4) is 0 Å². The molecule has 32 heavy (non-hydrogen) atoms. The highest BCUT2D eigenvalue weighted by molar-refractivity contribution is 6.46. The predicted molar refractivity (Wildman–Crippen MR) is 128 cm³/mol. The molecule has 1 aliphatic heterocycles. The number of ether oxygens (including phenoxy) is 1. The van der Waals surface area contributed by atoms with Crippen molar-refractivity contribution in [3.63, 3.8) is 0 Å². The summed E-state index contributed by atoms with van der Waals surface area (Å²) < 4.78 is 5.24. The molecule has 162 valence electrons. The highest BCUT2D eigenvalue weighted by Crippen LogP contribution is 2.37. The second-order valence-electron chi connectivity index (χ2n) is 7.68. The van der Waals surface area contributed by atoms with Crippen LogP contribution < -0.4 is 15.0 Å². The summed E-state index contributed by atoms with van der Waals surface area (Å²) in [4.78, 5) is 28.5. The van der Waals surface area contributed by atoms with E-state index in [9.17, 15) is 9.59 Å². The van der Waals surface area contributed by atoms with E-state index >= 15 is 0 Å². The van der Waals surface area contributed by atoms with Crippen molar-refractivity contribution in [2.24, 2.45) is 0 Å². The maximum absolute atomic E-state index is 13.6. The monoisotopic (exact) mass is 446 g/mol. The summed E-state index contributed by atoms with van der Waals surface area (Å²) in [6, 6.07) is 18.1. The summed E-state index contributed by atoms with van der Waals surface area (Å²) in [5.41, 5.74) is 5.06. The van der Waals surface area contributed by atoms with Crippen molar-refractivity contribution in [2.75, 3.05) is 17.3 Å². The summed E-state index contributed by atoms with van der Waals surface area (Å²) in [7, 11) is 1.58. The molecule has 3 aromatic rings. The second-order valence-corrected chi connectivity index (χ2v) is 8.09. The van der Waals surface area contributed by atoms with Gasteiger partial charge in [-0.1, -0.05) is 41.9 Å². The van der Waals surface area contributed by atoms with Gasteiger partial charge in [-0.3, -0.25) is 9.59 Å². The summed E-state index contributed by atoms with van der Waals surface area (Å²) in [6.07, 6.45) is 0. The average molecular weight is 447 g/mol. The minimum Gasteiger partial charge on any atom is -0.497 e. The molecule has 0 saturated heterocycles. The molecule has 2 amide bonds. The average Bonchev–Trinajstić information content (AvgIpc) is 3.03. The van der Waals surface area contributed by atoms with Gasteiger partial charge in [0.1, 0.15) is 11.4 Å². The van der Waals surface area contributed by atoms with Gasteiger partial charge in [0.05, 0.1) is 18.4 Å². The predicted octanol–water partition coefficient (Wildman–Crippen LogP) is 5.67. The molecule has 5 nitrogen and oxygen atoms in total. The van der Waals surface area contributed by atoms with Gasteiger partial charge in [-0.15, -0.1) is 0 Å². The SMILES string of the molecule is COc1ccc(C2=C(Nc3cccc(Cl)c3C)C(=O)N(c3cccc(C)c3C)C2=O)cc1. The normalized spacial score (nSPS) is 13.7. The third-order valence-corrected chi connectivity index (χ3v) is 6.22. The number of rotatable bonds is 5. The van der Waals surface area contributed by atoms with E-state index in [4.69, 9.17) is 16.3 Å². The Hall–Kier alpha value is -3.57. The van der Waals surface area contributed by atoms with Gasteiger partial charge in [0.15, 0.2) is 0 Å². The van der Waals surface area contributed by atoms with Gasteiger partial charge in [-0.25, -0.2) is 4.90 Å². The van der Waals surface area contributed by atoms with Crippen LogP contribution in [0.4, 0.5) is 11.4 Å². The zero-order chi connectivity index (χ0) is 23.0. The lowest BCUT2D eigenvalue weighted by atomic mass is 10.0. The van der Waals surface area contributed by atoms with Gasteiger partial charge < -0.3 is 10.1 Å². The fourth-order valence-corrected chi connectivity index (χ4v) is 3.92. The fourth-order valence-electron chi connectivity index (χ4n) is 3.75. The van der Waals surface area contributed by atoms with Crippen LogP contribution in [-0.2, 0) is 9.59 Å². The molecule has 0 atom stereocenters. The Kier molecular flexibility index (Phi) is 5.76. The van der Waals surface area contributed by atoms with Crippen LogP contribution in [0.1, 0.15) is 22.3 Å². The molecule has 0 spiro atoms. The van der Waals surface area contributed by atoms with Crippen LogP contribution >= 0.6 is 11.6 Å². The highest BCUT2D eigenvalue weighted by Gasteiger charge is 2.41. The van der Waals surface area contributed by atoms with E-state index < -0.39 is 5.91 Å². The number of carbonyl (C=O) groups excluding carboxylic acids is 2. The molecule has 0 radical (unpaired) electrons. The third kappa shape index (κ3) is 3.65. The number of amides is 2. The Morgan fingerprint density at radius 1 is 0.844 bits per heavy atom. The molecular formula is C26H23ClN2O3. The first-order chi connectivity index (χ1) is 15.3. The third-order valence-electron chi connectivity index (χ3n) is 5.81. The molecule has 0 aromatic heterocycles. The van der Waals surface area contributed by atoms with Gasteiger partial charge in [0.25, 0.3) is 11.8 Å². The Balaban J connectivity index is 1.87. The van der Waals surface area contributed by atoms with Crippen LogP contribution in [-0.4, -0.2) is 18.9 Å². The number of nitrogens with one attached hydrogen (secondary N) is 1. The van der Waals surface area contributed by atoms with Gasteiger partial charge in [-0.05, 0) is 73.4 Å². The highest BCUT2D eigenvalue weighted by atomic mass is 35.5. The maximum atomic E-state index is 13.6. The van der Waals surface area contributed by atoms with Crippen molar-refractivity contribution in [3.8, 4) is 5.75 Å². The van der Waals surface area contributed by atoms with Crippen LogP contribution in [0.2, 0.25) is 5.02 Å². The Morgan fingerprint density at radius 2 is 1.53 bits per heavy atom. The lowest BCUT2D eigenvalue weighted by Crippen LogP contribution is -2.33. The molecule has 0 bridgehead atoms. The van der Waals surface area contributed by atoms with Crippen LogP contribution in [0, 0.1) is 20.8 Å². The summed E-state index contributed by atoms with van der Waals surface area (Å²) in [5, 5.41) is 3.77. The Bertz CT molecular complexity index is 1260. The molecule has 0 fully saturated rings. The van der Waals surface area contributed by atoms with Crippen molar-refractivity contribution in [2.45, 2.75) is 20.8 Å². The van der Waals surface area contributed by atoms with E-state index in [2.05, 4.69) is 5.32 Å². The van der Waals surface area contributed by atoms with Crippen molar-refractivity contribution in [3.05, 3.63) is 93.6 Å². The molecule has 3 aromatic carbocycles. The van der Waals surface area contributed by atoms with E-state index in [1.54, 1.807) is 49.6 Å². The number of anilines is 2. The first kappa shape index (κ1) is 21.7. The van der Waals surface area contributed by atoms with Crippen molar-refractivity contribution >= 4 is 40.4 Å². The number of imide groups is 1. The molecule has 1 N–H and O–H groups in total. The number of hydrogen-bond acceptors (Lipinski definition) is 4. The topological polar surface area (TPSA) is 58.6 Å². The number of carbonyl (C=O) groups is 2. The number of benzene rings is 3. The molecule has 1 heterocycles. The van der Waals surface area contributed by atoms with Gasteiger partial charge >= 0.3 is 0 Å². The number of hydrogen-bond donors (Lipinski definition) is 1. The van der Waals surface area contributed by atoms with Crippen molar-refractivity contribution < 1.29 is 14.3 Å². The van der Waals surface area contributed by atoms with Gasteiger partial charge in [0.2, 0.25) is 0 Å². The zero-order valence-electron chi connectivity index (χ0n) is 18.3. The van der Waals surface area contributed by atoms with Crippen LogP contribution in [0.5, 0.6) is 5.75 Å². The lowest BCUT2D eigenvalue weighted by molar-refractivity contribution is -0.120. The van der Waals surface area contributed by atoms with E-state index in [-0.39, 0.29) is 11.6 Å². The van der Waals surface area contributed by atoms with Crippen LogP contribution in [0.25, 0.3) is 5.57 Å². The zero-order valence-corrected chi connectivity index (χ0v) is 19.1. The summed E-state index contributed by atoms with van der Waals surface area (Å²) in [6.45, 7) is 5.73. The number of halogens is 1.